The monoisotopic (exact) mass is 441 g/mol. The van der Waals surface area contributed by atoms with Crippen LogP contribution in [0.3, 0.4) is 0 Å². The van der Waals surface area contributed by atoms with Crippen molar-refractivity contribution in [3.8, 4) is 10.4 Å². The van der Waals surface area contributed by atoms with Gasteiger partial charge in [0, 0.05) is 41.0 Å². The number of thiophene rings is 1. The molecule has 7 heteroatoms. The summed E-state index contributed by atoms with van der Waals surface area (Å²) < 4.78 is 0. The summed E-state index contributed by atoms with van der Waals surface area (Å²) in [7, 11) is 0. The van der Waals surface area contributed by atoms with Gasteiger partial charge in [-0.3, -0.25) is 4.79 Å². The van der Waals surface area contributed by atoms with Crippen LogP contribution >= 0.6 is 11.3 Å². The molecule has 0 aliphatic carbocycles. The molecule has 0 atom stereocenters. The zero-order chi connectivity index (χ0) is 21.8. The minimum absolute atomic E-state index is 0.132. The lowest BCUT2D eigenvalue weighted by Crippen LogP contribution is -2.18. The molecule has 0 saturated carbocycles. The number of anilines is 4. The van der Waals surface area contributed by atoms with Crippen molar-refractivity contribution in [1.82, 2.24) is 10.2 Å². The summed E-state index contributed by atoms with van der Waals surface area (Å²) in [5.74, 6) is 0.574. The summed E-state index contributed by atoms with van der Waals surface area (Å²) in [6, 6.07) is 21.4. The van der Waals surface area contributed by atoms with Gasteiger partial charge in [-0.25, -0.2) is 0 Å². The zero-order valence-corrected chi connectivity index (χ0v) is 18.3. The molecule has 2 aromatic carbocycles. The van der Waals surface area contributed by atoms with Crippen LogP contribution in [-0.2, 0) is 0 Å². The lowest BCUT2D eigenvalue weighted by molar-refractivity contribution is 0.102. The van der Waals surface area contributed by atoms with Crippen molar-refractivity contribution in [2.45, 2.75) is 12.8 Å². The van der Waals surface area contributed by atoms with Gasteiger partial charge in [0.05, 0.1) is 11.9 Å². The van der Waals surface area contributed by atoms with E-state index in [4.69, 9.17) is 0 Å². The number of hydrogen-bond donors (Lipinski definition) is 2. The van der Waals surface area contributed by atoms with Gasteiger partial charge in [-0.15, -0.1) is 16.4 Å². The van der Waals surface area contributed by atoms with Crippen molar-refractivity contribution < 1.29 is 4.79 Å². The maximum Gasteiger partial charge on any atom is 0.255 e. The molecule has 1 fully saturated rings. The van der Waals surface area contributed by atoms with Crippen molar-refractivity contribution in [1.29, 1.82) is 0 Å². The van der Waals surface area contributed by atoms with E-state index >= 15 is 0 Å². The highest BCUT2D eigenvalue weighted by molar-refractivity contribution is 7.13. The summed E-state index contributed by atoms with van der Waals surface area (Å²) in [5.41, 5.74) is 4.45. The van der Waals surface area contributed by atoms with Crippen LogP contribution in [0.2, 0.25) is 0 Å². The number of carbonyl (C=O) groups excluding carboxylic acids is 1. The number of rotatable bonds is 6. The van der Waals surface area contributed by atoms with Gasteiger partial charge in [-0.2, -0.15) is 5.10 Å². The number of amides is 1. The Morgan fingerprint density at radius 3 is 2.41 bits per heavy atom. The van der Waals surface area contributed by atoms with Crippen molar-refractivity contribution in [2.24, 2.45) is 0 Å². The van der Waals surface area contributed by atoms with Crippen LogP contribution in [0.1, 0.15) is 23.2 Å². The minimum Gasteiger partial charge on any atom is -0.370 e. The molecule has 1 aliphatic heterocycles. The molecule has 1 aliphatic rings. The summed E-state index contributed by atoms with van der Waals surface area (Å²) in [5, 5.41) is 16.6. The van der Waals surface area contributed by atoms with Crippen molar-refractivity contribution in [2.75, 3.05) is 28.6 Å². The molecule has 32 heavy (non-hydrogen) atoms. The average Bonchev–Trinajstić information content (AvgIpc) is 3.55. The van der Waals surface area contributed by atoms with E-state index in [9.17, 15) is 4.79 Å². The highest BCUT2D eigenvalue weighted by atomic mass is 32.1. The zero-order valence-electron chi connectivity index (χ0n) is 17.5. The molecular formula is C25H23N5OS. The Morgan fingerprint density at radius 1 is 0.938 bits per heavy atom. The first kappa shape index (κ1) is 20.2. The fourth-order valence-corrected chi connectivity index (χ4v) is 4.52. The van der Waals surface area contributed by atoms with E-state index in [-0.39, 0.29) is 5.91 Å². The Morgan fingerprint density at radius 2 is 1.69 bits per heavy atom. The maximum absolute atomic E-state index is 12.6. The Labute approximate surface area is 190 Å². The fraction of sp³-hybridized carbons (Fsp3) is 0.160. The van der Waals surface area contributed by atoms with E-state index < -0.39 is 0 Å². The number of carbonyl (C=O) groups is 1. The van der Waals surface area contributed by atoms with Crippen molar-refractivity contribution in [3.63, 3.8) is 0 Å². The molecule has 0 unspecified atom stereocenters. The van der Waals surface area contributed by atoms with Gasteiger partial charge in [0.15, 0.2) is 5.82 Å². The number of benzene rings is 2. The topological polar surface area (TPSA) is 70.2 Å². The fourth-order valence-electron chi connectivity index (χ4n) is 3.78. The smallest absolute Gasteiger partial charge is 0.255 e. The molecule has 2 N–H and O–H groups in total. The van der Waals surface area contributed by atoms with Gasteiger partial charge in [0.25, 0.3) is 5.91 Å². The van der Waals surface area contributed by atoms with E-state index in [1.54, 1.807) is 11.3 Å². The molecule has 0 bridgehead atoms. The number of nitrogens with zero attached hydrogens (tertiary/aromatic N) is 3. The number of hydrogen-bond acceptors (Lipinski definition) is 6. The third-order valence-electron chi connectivity index (χ3n) is 5.48. The van der Waals surface area contributed by atoms with E-state index in [1.807, 2.05) is 72.2 Å². The summed E-state index contributed by atoms with van der Waals surface area (Å²) in [6.07, 6.45) is 4.25. The van der Waals surface area contributed by atoms with Crippen LogP contribution in [-0.4, -0.2) is 29.2 Å². The van der Waals surface area contributed by atoms with Crippen LogP contribution in [0.5, 0.6) is 0 Å². The molecule has 0 spiro atoms. The summed E-state index contributed by atoms with van der Waals surface area (Å²) in [4.78, 5) is 16.1. The molecule has 6 nitrogen and oxygen atoms in total. The normalized spacial score (nSPS) is 13.2. The third kappa shape index (κ3) is 4.63. The Bertz CT molecular complexity index is 1180. The lowest BCUT2D eigenvalue weighted by Gasteiger charge is -2.17. The Balaban J connectivity index is 1.21. The Hall–Kier alpha value is -3.71. The van der Waals surface area contributed by atoms with Gasteiger partial charge in [0.2, 0.25) is 0 Å². The minimum atomic E-state index is -0.132. The molecule has 1 amide bonds. The van der Waals surface area contributed by atoms with Crippen molar-refractivity contribution >= 4 is 40.1 Å². The van der Waals surface area contributed by atoms with E-state index in [2.05, 4.69) is 31.8 Å². The summed E-state index contributed by atoms with van der Waals surface area (Å²) in [6.45, 7) is 2.13. The average molecular weight is 442 g/mol. The molecule has 1 saturated heterocycles. The van der Waals surface area contributed by atoms with Crippen LogP contribution in [0.25, 0.3) is 10.4 Å². The molecule has 5 rings (SSSR count). The molecular weight excluding hydrogens is 418 g/mol. The predicted molar refractivity (Wildman–Crippen MR) is 131 cm³/mol. The first-order chi connectivity index (χ1) is 15.7. The Kier molecular flexibility index (Phi) is 5.81. The molecule has 3 heterocycles. The quantitative estimate of drug-likeness (QED) is 0.396. The van der Waals surface area contributed by atoms with Crippen LogP contribution in [0, 0.1) is 0 Å². The SMILES string of the molecule is O=C(Nc1ccc(Nc2cc(N3CCCC3)cnn2)cc1)c1ccc(-c2cccs2)cc1. The molecule has 160 valence electrons. The highest BCUT2D eigenvalue weighted by Gasteiger charge is 2.13. The second kappa shape index (κ2) is 9.20. The predicted octanol–water partition coefficient (Wildman–Crippen LogP) is 5.80. The van der Waals surface area contributed by atoms with Crippen LogP contribution in [0.4, 0.5) is 22.9 Å². The van der Waals surface area contributed by atoms with Gasteiger partial charge in [-0.05, 0) is 66.2 Å². The van der Waals surface area contributed by atoms with Crippen LogP contribution in [0.15, 0.2) is 78.3 Å². The summed E-state index contributed by atoms with van der Waals surface area (Å²) >= 11 is 1.68. The first-order valence-electron chi connectivity index (χ1n) is 10.6. The molecule has 4 aromatic rings. The van der Waals surface area contributed by atoms with E-state index in [1.165, 1.54) is 17.7 Å². The largest absolute Gasteiger partial charge is 0.370 e. The molecule has 0 radical (unpaired) electrons. The standard InChI is InChI=1S/C25H23N5OS/c31-25(19-7-5-18(6-8-19)23-4-3-15-32-23)28-21-11-9-20(10-12-21)27-24-16-22(17-26-29-24)30-13-1-2-14-30/h3-12,15-17H,1-2,13-14H2,(H,27,29)(H,28,31). The first-order valence-corrected chi connectivity index (χ1v) is 11.5. The third-order valence-corrected chi connectivity index (χ3v) is 6.40. The van der Waals surface area contributed by atoms with Gasteiger partial charge >= 0.3 is 0 Å². The number of aromatic nitrogens is 2. The van der Waals surface area contributed by atoms with Gasteiger partial charge in [0.1, 0.15) is 0 Å². The van der Waals surface area contributed by atoms with Gasteiger partial charge < -0.3 is 15.5 Å². The highest BCUT2D eigenvalue weighted by Crippen LogP contribution is 2.26. The van der Waals surface area contributed by atoms with E-state index in [0.717, 1.165) is 35.7 Å². The van der Waals surface area contributed by atoms with Crippen LogP contribution < -0.4 is 15.5 Å². The van der Waals surface area contributed by atoms with Crippen molar-refractivity contribution in [3.05, 3.63) is 83.9 Å². The lowest BCUT2D eigenvalue weighted by atomic mass is 10.1. The number of nitrogens with one attached hydrogen (secondary N) is 2. The second-order valence-corrected chi connectivity index (χ2v) is 8.65. The van der Waals surface area contributed by atoms with Gasteiger partial charge in [-0.1, -0.05) is 18.2 Å². The second-order valence-electron chi connectivity index (χ2n) is 7.70. The van der Waals surface area contributed by atoms with E-state index in [0.29, 0.717) is 11.4 Å². The molecule has 2 aromatic heterocycles. The maximum atomic E-state index is 12.6.